The molecule has 2 amide bonds. The molecule has 8 nitrogen and oxygen atoms in total. The molecule has 2 aromatic carbocycles. The van der Waals surface area contributed by atoms with Gasteiger partial charge in [-0.3, -0.25) is 9.59 Å². The molecule has 2 N–H and O–H groups in total. The normalized spacial score (nSPS) is 10.7. The minimum Gasteiger partial charge on any atom is -0.483 e. The van der Waals surface area contributed by atoms with Gasteiger partial charge in [-0.05, 0) is 44.0 Å². The summed E-state index contributed by atoms with van der Waals surface area (Å²) in [5.74, 6) is 0.893. The molecule has 3 rings (SSSR count). The lowest BCUT2D eigenvalue weighted by Crippen LogP contribution is -2.29. The monoisotopic (exact) mass is 521 g/mol. The van der Waals surface area contributed by atoms with Crippen LogP contribution in [-0.2, 0) is 22.7 Å². The number of hydrogen-bond donors (Lipinski definition) is 2. The quantitative estimate of drug-likeness (QED) is 0.377. The number of para-hydroxylation sites is 1. The Hall–Kier alpha value is -2.75. The standard InChI is InChI=1S/C23H25Cl2N5O3S/c1-4-30-18(11-26-19(31)12-33-22-14(2)7-5-8-15(22)3)28-29-23(30)34-13-20(32)27-17-10-6-9-16(24)21(17)25/h5-10H,4,11-13H2,1-3H3,(H,26,31)(H,27,32). The van der Waals surface area contributed by atoms with Gasteiger partial charge < -0.3 is 19.9 Å². The summed E-state index contributed by atoms with van der Waals surface area (Å²) in [5.41, 5.74) is 2.40. The van der Waals surface area contributed by atoms with Crippen LogP contribution in [0.25, 0.3) is 0 Å². The lowest BCUT2D eigenvalue weighted by atomic mass is 10.1. The van der Waals surface area contributed by atoms with Crippen molar-refractivity contribution in [1.29, 1.82) is 0 Å². The average Bonchev–Trinajstić information content (AvgIpc) is 3.21. The van der Waals surface area contributed by atoms with E-state index in [2.05, 4.69) is 20.8 Å². The number of carbonyl (C=O) groups is 2. The van der Waals surface area contributed by atoms with Crippen LogP contribution in [0.5, 0.6) is 5.75 Å². The van der Waals surface area contributed by atoms with Gasteiger partial charge in [-0.15, -0.1) is 10.2 Å². The number of amides is 2. The molecule has 0 atom stereocenters. The van der Waals surface area contributed by atoms with Gasteiger partial charge in [0.1, 0.15) is 5.75 Å². The molecule has 11 heteroatoms. The van der Waals surface area contributed by atoms with E-state index in [0.717, 1.165) is 11.1 Å². The molecule has 0 saturated heterocycles. The fourth-order valence-corrected chi connectivity index (χ4v) is 4.35. The first-order valence-corrected chi connectivity index (χ1v) is 12.3. The Morgan fingerprint density at radius 1 is 1.06 bits per heavy atom. The molecule has 0 spiro atoms. The van der Waals surface area contributed by atoms with E-state index in [1.807, 2.05) is 43.5 Å². The van der Waals surface area contributed by atoms with E-state index in [1.165, 1.54) is 11.8 Å². The topological polar surface area (TPSA) is 98.1 Å². The molecule has 1 aromatic heterocycles. The van der Waals surface area contributed by atoms with Crippen molar-refractivity contribution >= 4 is 52.5 Å². The molecule has 0 aliphatic carbocycles. The summed E-state index contributed by atoms with van der Waals surface area (Å²) >= 11 is 13.3. The first-order valence-electron chi connectivity index (χ1n) is 10.5. The number of halogens is 2. The molecule has 0 fully saturated rings. The number of benzene rings is 2. The first-order chi connectivity index (χ1) is 16.3. The van der Waals surface area contributed by atoms with Crippen molar-refractivity contribution in [2.45, 2.75) is 39.0 Å². The summed E-state index contributed by atoms with van der Waals surface area (Å²) in [6.07, 6.45) is 0. The van der Waals surface area contributed by atoms with Crippen molar-refractivity contribution < 1.29 is 14.3 Å². The fourth-order valence-electron chi connectivity index (χ4n) is 3.18. The number of thioether (sulfide) groups is 1. The summed E-state index contributed by atoms with van der Waals surface area (Å²) in [6.45, 7) is 6.50. The van der Waals surface area contributed by atoms with Crippen LogP contribution in [0.2, 0.25) is 10.0 Å². The molecule has 1 heterocycles. The Labute approximate surface area is 212 Å². The van der Waals surface area contributed by atoms with Crippen molar-refractivity contribution in [2.24, 2.45) is 0 Å². The van der Waals surface area contributed by atoms with Crippen molar-refractivity contribution in [3.63, 3.8) is 0 Å². The van der Waals surface area contributed by atoms with E-state index in [-0.39, 0.29) is 30.7 Å². The van der Waals surface area contributed by atoms with E-state index in [9.17, 15) is 9.59 Å². The van der Waals surface area contributed by atoms with Crippen LogP contribution in [-0.4, -0.2) is 38.9 Å². The zero-order chi connectivity index (χ0) is 24.7. The molecular weight excluding hydrogens is 497 g/mol. The van der Waals surface area contributed by atoms with Crippen LogP contribution in [0.4, 0.5) is 5.69 Å². The Morgan fingerprint density at radius 2 is 1.76 bits per heavy atom. The van der Waals surface area contributed by atoms with E-state index < -0.39 is 0 Å². The minimum atomic E-state index is -0.264. The molecule has 0 aliphatic rings. The zero-order valence-corrected chi connectivity index (χ0v) is 21.4. The lowest BCUT2D eigenvalue weighted by molar-refractivity contribution is -0.123. The third kappa shape index (κ3) is 6.65. The third-order valence-corrected chi connectivity index (χ3v) is 6.65. The minimum absolute atomic E-state index is 0.0974. The van der Waals surface area contributed by atoms with E-state index >= 15 is 0 Å². The van der Waals surface area contributed by atoms with Gasteiger partial charge >= 0.3 is 0 Å². The smallest absolute Gasteiger partial charge is 0.258 e. The molecule has 34 heavy (non-hydrogen) atoms. The van der Waals surface area contributed by atoms with E-state index in [0.29, 0.717) is 39.0 Å². The van der Waals surface area contributed by atoms with Crippen LogP contribution in [0.15, 0.2) is 41.6 Å². The predicted molar refractivity (Wildman–Crippen MR) is 135 cm³/mol. The second-order valence-corrected chi connectivity index (χ2v) is 9.10. The van der Waals surface area contributed by atoms with Crippen LogP contribution >= 0.6 is 35.0 Å². The maximum Gasteiger partial charge on any atom is 0.258 e. The molecule has 0 aliphatic heterocycles. The average molecular weight is 522 g/mol. The van der Waals surface area contributed by atoms with Gasteiger partial charge in [-0.1, -0.05) is 59.2 Å². The Bertz CT molecular complexity index is 1170. The largest absolute Gasteiger partial charge is 0.483 e. The molecule has 0 unspecified atom stereocenters. The first kappa shape index (κ1) is 25.9. The highest BCUT2D eigenvalue weighted by Crippen LogP contribution is 2.29. The highest BCUT2D eigenvalue weighted by molar-refractivity contribution is 7.99. The Balaban J connectivity index is 1.52. The number of nitrogens with zero attached hydrogens (tertiary/aromatic N) is 3. The van der Waals surface area contributed by atoms with Gasteiger partial charge in [0, 0.05) is 6.54 Å². The zero-order valence-electron chi connectivity index (χ0n) is 19.0. The molecule has 0 radical (unpaired) electrons. The van der Waals surface area contributed by atoms with E-state index in [1.54, 1.807) is 18.2 Å². The maximum absolute atomic E-state index is 12.3. The second kappa shape index (κ2) is 12.1. The molecular formula is C23H25Cl2N5O3S. The van der Waals surface area contributed by atoms with Gasteiger partial charge in [0.2, 0.25) is 5.91 Å². The maximum atomic E-state index is 12.3. The second-order valence-electron chi connectivity index (χ2n) is 7.37. The van der Waals surface area contributed by atoms with E-state index in [4.69, 9.17) is 27.9 Å². The van der Waals surface area contributed by atoms with Gasteiger partial charge in [-0.25, -0.2) is 0 Å². The summed E-state index contributed by atoms with van der Waals surface area (Å²) < 4.78 is 7.53. The number of nitrogens with one attached hydrogen (secondary N) is 2. The summed E-state index contributed by atoms with van der Waals surface area (Å²) in [5, 5.41) is 15.1. The van der Waals surface area contributed by atoms with Crippen LogP contribution in [0.1, 0.15) is 23.9 Å². The van der Waals surface area contributed by atoms with Crippen LogP contribution < -0.4 is 15.4 Å². The number of anilines is 1. The molecule has 0 saturated carbocycles. The molecule has 180 valence electrons. The van der Waals surface area contributed by atoms with Crippen molar-refractivity contribution in [1.82, 2.24) is 20.1 Å². The number of aromatic nitrogens is 3. The predicted octanol–water partition coefficient (Wildman–Crippen LogP) is 4.65. The van der Waals surface area contributed by atoms with Gasteiger partial charge in [-0.2, -0.15) is 0 Å². The lowest BCUT2D eigenvalue weighted by Gasteiger charge is -2.12. The molecule has 0 bridgehead atoms. The van der Waals surface area contributed by atoms with Gasteiger partial charge in [0.25, 0.3) is 5.91 Å². The number of rotatable bonds is 10. The number of aryl methyl sites for hydroxylation is 2. The highest BCUT2D eigenvalue weighted by atomic mass is 35.5. The number of hydrogen-bond acceptors (Lipinski definition) is 6. The van der Waals surface area contributed by atoms with Gasteiger partial charge in [0.05, 0.1) is 28.0 Å². The Kier molecular flexibility index (Phi) is 9.20. The van der Waals surface area contributed by atoms with Crippen molar-refractivity contribution in [3.05, 3.63) is 63.4 Å². The van der Waals surface area contributed by atoms with Crippen molar-refractivity contribution in [2.75, 3.05) is 17.7 Å². The SMILES string of the molecule is CCn1c(CNC(=O)COc2c(C)cccc2C)nnc1SCC(=O)Nc1cccc(Cl)c1Cl. The highest BCUT2D eigenvalue weighted by Gasteiger charge is 2.15. The summed E-state index contributed by atoms with van der Waals surface area (Å²) in [7, 11) is 0. The molecule has 3 aromatic rings. The fraction of sp³-hybridized carbons (Fsp3) is 0.304. The van der Waals surface area contributed by atoms with Gasteiger partial charge in [0.15, 0.2) is 17.6 Å². The third-order valence-electron chi connectivity index (χ3n) is 4.87. The van der Waals surface area contributed by atoms with Crippen molar-refractivity contribution in [3.8, 4) is 5.75 Å². The summed E-state index contributed by atoms with van der Waals surface area (Å²) in [6, 6.07) is 10.9. The number of carbonyl (C=O) groups excluding carboxylic acids is 2. The van der Waals surface area contributed by atoms with Crippen LogP contribution in [0.3, 0.4) is 0 Å². The number of ether oxygens (including phenoxy) is 1. The Morgan fingerprint density at radius 3 is 2.47 bits per heavy atom. The summed E-state index contributed by atoms with van der Waals surface area (Å²) in [4.78, 5) is 24.6. The van der Waals surface area contributed by atoms with Crippen LogP contribution in [0, 0.1) is 13.8 Å².